The van der Waals surface area contributed by atoms with E-state index >= 15 is 0 Å². The van der Waals surface area contributed by atoms with Gasteiger partial charge in [-0.25, -0.2) is 0 Å². The molecule has 2 heterocycles. The van der Waals surface area contributed by atoms with Crippen LogP contribution in [0.2, 0.25) is 5.02 Å². The second-order valence-corrected chi connectivity index (χ2v) is 7.39. The van der Waals surface area contributed by atoms with E-state index in [-0.39, 0.29) is 11.2 Å². The van der Waals surface area contributed by atoms with Gasteiger partial charge in [-0.1, -0.05) is 41.9 Å². The first-order valence-electron chi connectivity index (χ1n) is 9.13. The lowest BCUT2D eigenvalue weighted by Crippen LogP contribution is -2.23. The molecule has 3 aromatic rings. The normalized spacial score (nSPS) is 17.4. The third-order valence-electron chi connectivity index (χ3n) is 5.25. The van der Waals surface area contributed by atoms with Gasteiger partial charge in [-0.05, 0) is 36.6 Å². The van der Waals surface area contributed by atoms with Crippen LogP contribution in [0.1, 0.15) is 34.7 Å². The minimum atomic E-state index is -0.166. The molecule has 4 rings (SSSR count). The van der Waals surface area contributed by atoms with Gasteiger partial charge in [-0.15, -0.1) is 0 Å². The van der Waals surface area contributed by atoms with Crippen LogP contribution in [0.25, 0.3) is 11.0 Å². The van der Waals surface area contributed by atoms with Crippen LogP contribution >= 0.6 is 11.6 Å². The molecule has 2 aromatic carbocycles. The average molecular weight is 382 g/mol. The number of hydrogen-bond donors (Lipinski definition) is 0. The highest BCUT2D eigenvalue weighted by atomic mass is 35.5. The largest absolute Gasteiger partial charge is 0.464 e. The Morgan fingerprint density at radius 1 is 1.19 bits per heavy atom. The molecule has 27 heavy (non-hydrogen) atoms. The standard InChI is InChI=1S/C22H20ClNO3/c23-19-12-18-21(26)8-11-27-22(18)13-17(19)20(25)7-10-24-9-6-16(14-24)15-4-2-1-3-5-15/h1-5,8,11-13,16H,6-7,9-10,14H2. The fraction of sp³-hybridized carbons (Fsp3) is 0.273. The van der Waals surface area contributed by atoms with Gasteiger partial charge >= 0.3 is 0 Å². The fourth-order valence-corrected chi connectivity index (χ4v) is 4.01. The topological polar surface area (TPSA) is 50.5 Å². The van der Waals surface area contributed by atoms with Gasteiger partial charge in [0, 0.05) is 31.1 Å². The molecule has 1 unspecified atom stereocenters. The van der Waals surface area contributed by atoms with Crippen LogP contribution in [0.4, 0.5) is 0 Å². The second-order valence-electron chi connectivity index (χ2n) is 6.98. The number of Topliss-reactive ketones (excluding diaryl/α,β-unsaturated/α-hetero) is 1. The van der Waals surface area contributed by atoms with E-state index in [4.69, 9.17) is 16.0 Å². The molecule has 0 spiro atoms. The maximum Gasteiger partial charge on any atom is 0.192 e. The van der Waals surface area contributed by atoms with Gasteiger partial charge in [0.1, 0.15) is 5.58 Å². The van der Waals surface area contributed by atoms with Gasteiger partial charge in [0.2, 0.25) is 0 Å². The summed E-state index contributed by atoms with van der Waals surface area (Å²) in [4.78, 5) is 26.8. The summed E-state index contributed by atoms with van der Waals surface area (Å²) in [5, 5.41) is 0.693. The van der Waals surface area contributed by atoms with Crippen LogP contribution in [0.15, 0.2) is 64.0 Å². The van der Waals surface area contributed by atoms with Crippen LogP contribution in [-0.2, 0) is 0 Å². The third kappa shape index (κ3) is 3.82. The van der Waals surface area contributed by atoms with E-state index in [0.29, 0.717) is 40.4 Å². The van der Waals surface area contributed by atoms with Gasteiger partial charge in [-0.3, -0.25) is 9.59 Å². The van der Waals surface area contributed by atoms with Crippen molar-refractivity contribution in [2.24, 2.45) is 0 Å². The number of benzene rings is 2. The summed E-state index contributed by atoms with van der Waals surface area (Å²) in [5.74, 6) is 0.497. The van der Waals surface area contributed by atoms with E-state index in [9.17, 15) is 9.59 Å². The highest BCUT2D eigenvalue weighted by Gasteiger charge is 2.24. The molecule has 4 nitrogen and oxygen atoms in total. The van der Waals surface area contributed by atoms with Crippen molar-refractivity contribution in [1.29, 1.82) is 0 Å². The molecule has 0 amide bonds. The molecule has 1 aromatic heterocycles. The van der Waals surface area contributed by atoms with Crippen molar-refractivity contribution in [2.75, 3.05) is 19.6 Å². The summed E-state index contributed by atoms with van der Waals surface area (Å²) in [5.41, 5.74) is 2.00. The van der Waals surface area contributed by atoms with Gasteiger partial charge in [-0.2, -0.15) is 0 Å². The minimum absolute atomic E-state index is 0.0310. The van der Waals surface area contributed by atoms with Crippen LogP contribution < -0.4 is 5.43 Å². The summed E-state index contributed by atoms with van der Waals surface area (Å²) in [6, 6.07) is 15.0. The Hall–Kier alpha value is -2.43. The molecule has 1 fully saturated rings. The summed E-state index contributed by atoms with van der Waals surface area (Å²) < 4.78 is 5.36. The predicted molar refractivity (Wildman–Crippen MR) is 107 cm³/mol. The zero-order valence-corrected chi connectivity index (χ0v) is 15.6. The highest BCUT2D eigenvalue weighted by Crippen LogP contribution is 2.28. The van der Waals surface area contributed by atoms with Gasteiger partial charge in [0.15, 0.2) is 11.2 Å². The van der Waals surface area contributed by atoms with Gasteiger partial charge < -0.3 is 9.32 Å². The van der Waals surface area contributed by atoms with Crippen molar-refractivity contribution in [1.82, 2.24) is 4.90 Å². The highest BCUT2D eigenvalue weighted by molar-refractivity contribution is 6.34. The smallest absolute Gasteiger partial charge is 0.192 e. The number of carbonyl (C=O) groups excluding carboxylic acids is 1. The summed E-state index contributed by atoms with van der Waals surface area (Å²) in [6.45, 7) is 2.67. The molecule has 0 radical (unpaired) electrons. The van der Waals surface area contributed by atoms with E-state index in [1.165, 1.54) is 24.0 Å². The maximum atomic E-state index is 12.7. The van der Waals surface area contributed by atoms with E-state index in [0.717, 1.165) is 19.5 Å². The molecule has 5 heteroatoms. The number of halogens is 1. The van der Waals surface area contributed by atoms with Crippen molar-refractivity contribution in [2.45, 2.75) is 18.8 Å². The lowest BCUT2D eigenvalue weighted by molar-refractivity contribution is 0.0969. The van der Waals surface area contributed by atoms with Gasteiger partial charge in [0.05, 0.1) is 16.7 Å². The lowest BCUT2D eigenvalue weighted by Gasteiger charge is -2.16. The molecule has 0 bridgehead atoms. The Balaban J connectivity index is 1.42. The molecule has 1 aliphatic heterocycles. The first kappa shape index (κ1) is 18.0. The lowest BCUT2D eigenvalue weighted by atomic mass is 9.99. The van der Waals surface area contributed by atoms with Crippen LogP contribution in [-0.4, -0.2) is 30.3 Å². The van der Waals surface area contributed by atoms with Crippen molar-refractivity contribution in [3.8, 4) is 0 Å². The number of ketones is 1. The number of fused-ring (bicyclic) bond motifs is 1. The number of rotatable bonds is 5. The Morgan fingerprint density at radius 3 is 2.81 bits per heavy atom. The molecule has 1 aliphatic rings. The van der Waals surface area contributed by atoms with Crippen LogP contribution in [0.3, 0.4) is 0 Å². The molecule has 0 aliphatic carbocycles. The molecular formula is C22H20ClNO3. The van der Waals surface area contributed by atoms with Crippen molar-refractivity contribution in [3.05, 3.63) is 81.2 Å². The van der Waals surface area contributed by atoms with Crippen molar-refractivity contribution < 1.29 is 9.21 Å². The first-order chi connectivity index (χ1) is 13.1. The summed E-state index contributed by atoms with van der Waals surface area (Å²) in [7, 11) is 0. The van der Waals surface area contributed by atoms with Crippen LogP contribution in [0.5, 0.6) is 0 Å². The number of nitrogens with zero attached hydrogens (tertiary/aromatic N) is 1. The monoisotopic (exact) mass is 381 g/mol. The van der Waals surface area contributed by atoms with Gasteiger partial charge in [0.25, 0.3) is 0 Å². The van der Waals surface area contributed by atoms with E-state index < -0.39 is 0 Å². The first-order valence-corrected chi connectivity index (χ1v) is 9.51. The Bertz CT molecular complexity index is 1030. The Morgan fingerprint density at radius 2 is 2.00 bits per heavy atom. The molecular weight excluding hydrogens is 362 g/mol. The van der Waals surface area contributed by atoms with Crippen molar-refractivity contribution in [3.63, 3.8) is 0 Å². The molecule has 138 valence electrons. The zero-order chi connectivity index (χ0) is 18.8. The molecule has 1 saturated heterocycles. The average Bonchev–Trinajstić information content (AvgIpc) is 3.16. The zero-order valence-electron chi connectivity index (χ0n) is 14.9. The minimum Gasteiger partial charge on any atom is -0.464 e. The summed E-state index contributed by atoms with van der Waals surface area (Å²) in [6.07, 6.45) is 2.84. The molecule has 1 atom stereocenters. The Labute approximate surface area is 162 Å². The molecule has 0 saturated carbocycles. The predicted octanol–water partition coefficient (Wildman–Crippen LogP) is 4.51. The maximum absolute atomic E-state index is 12.7. The number of carbonyl (C=O) groups is 1. The van der Waals surface area contributed by atoms with E-state index in [1.807, 2.05) is 6.07 Å². The van der Waals surface area contributed by atoms with Crippen LogP contribution in [0, 0.1) is 0 Å². The number of hydrogen-bond acceptors (Lipinski definition) is 4. The Kier molecular flexibility index (Phi) is 5.10. The van der Waals surface area contributed by atoms with E-state index in [2.05, 4.69) is 29.2 Å². The molecule has 0 N–H and O–H groups in total. The fourth-order valence-electron chi connectivity index (χ4n) is 3.74. The second kappa shape index (κ2) is 7.67. The van der Waals surface area contributed by atoms with E-state index in [1.54, 1.807) is 6.07 Å². The SMILES string of the molecule is O=C(CCN1CCC(c2ccccc2)C1)c1cc2occc(=O)c2cc1Cl. The summed E-state index contributed by atoms with van der Waals surface area (Å²) >= 11 is 6.25. The number of likely N-dealkylation sites (tertiary alicyclic amines) is 1. The van der Waals surface area contributed by atoms with Crippen molar-refractivity contribution >= 4 is 28.4 Å². The quantitative estimate of drug-likeness (QED) is 0.610. The third-order valence-corrected chi connectivity index (χ3v) is 5.56.